The smallest absolute Gasteiger partial charge is 0.123 e. The highest BCUT2D eigenvalue weighted by molar-refractivity contribution is 5.33. The molecule has 0 fully saturated rings. The molecule has 0 amide bonds. The lowest BCUT2D eigenvalue weighted by Gasteiger charge is -2.15. The quantitative estimate of drug-likeness (QED) is 0.820. The molecule has 2 N–H and O–H groups in total. The Hall–Kier alpha value is -1.84. The summed E-state index contributed by atoms with van der Waals surface area (Å²) in [6.07, 6.45) is -0.495. The van der Waals surface area contributed by atoms with Crippen LogP contribution in [0, 0.1) is 6.92 Å². The van der Waals surface area contributed by atoms with E-state index in [1.165, 1.54) is 0 Å². The van der Waals surface area contributed by atoms with E-state index in [9.17, 15) is 5.11 Å². The van der Waals surface area contributed by atoms with Gasteiger partial charge in [-0.15, -0.1) is 0 Å². The first-order valence-electron chi connectivity index (χ1n) is 7.37. The summed E-state index contributed by atoms with van der Waals surface area (Å²) in [5, 5.41) is 13.6. The molecule has 0 spiro atoms. The van der Waals surface area contributed by atoms with Crippen LogP contribution in [0.25, 0.3) is 0 Å². The van der Waals surface area contributed by atoms with E-state index in [4.69, 9.17) is 4.74 Å². The molecular weight excluding hydrogens is 262 g/mol. The molecule has 3 nitrogen and oxygen atoms in total. The van der Waals surface area contributed by atoms with E-state index >= 15 is 0 Å². The molecule has 0 saturated heterocycles. The molecule has 0 aliphatic rings. The Kier molecular flexibility index (Phi) is 5.78. The lowest BCUT2D eigenvalue weighted by Crippen LogP contribution is -2.21. The summed E-state index contributed by atoms with van der Waals surface area (Å²) in [5.41, 5.74) is 3.20. The molecule has 0 bridgehead atoms. The van der Waals surface area contributed by atoms with Crippen LogP contribution in [-0.2, 0) is 6.54 Å². The zero-order valence-corrected chi connectivity index (χ0v) is 12.7. The first-order valence-corrected chi connectivity index (χ1v) is 7.37. The SMILES string of the molecule is CCOc1ccccc1CNCC(O)c1ccccc1C. The molecule has 0 radical (unpaired) electrons. The lowest BCUT2D eigenvalue weighted by molar-refractivity contribution is 0.173. The molecule has 2 rings (SSSR count). The molecule has 0 aliphatic carbocycles. The number of aliphatic hydroxyl groups excluding tert-OH is 1. The lowest BCUT2D eigenvalue weighted by atomic mass is 10.0. The van der Waals surface area contributed by atoms with Gasteiger partial charge in [-0.2, -0.15) is 0 Å². The Morgan fingerprint density at radius 2 is 1.81 bits per heavy atom. The number of ether oxygens (including phenoxy) is 1. The van der Waals surface area contributed by atoms with Gasteiger partial charge in [-0.3, -0.25) is 0 Å². The van der Waals surface area contributed by atoms with Crippen LogP contribution in [0.5, 0.6) is 5.75 Å². The number of benzene rings is 2. The summed E-state index contributed by atoms with van der Waals surface area (Å²) in [4.78, 5) is 0. The molecule has 0 heterocycles. The van der Waals surface area contributed by atoms with Crippen molar-refractivity contribution in [3.63, 3.8) is 0 Å². The average molecular weight is 285 g/mol. The van der Waals surface area contributed by atoms with E-state index in [0.717, 1.165) is 22.4 Å². The van der Waals surface area contributed by atoms with Gasteiger partial charge in [0.05, 0.1) is 12.7 Å². The number of aliphatic hydroxyl groups is 1. The van der Waals surface area contributed by atoms with Crippen molar-refractivity contribution in [2.45, 2.75) is 26.5 Å². The van der Waals surface area contributed by atoms with Crippen molar-refractivity contribution in [2.75, 3.05) is 13.2 Å². The second kappa shape index (κ2) is 7.81. The van der Waals surface area contributed by atoms with Crippen LogP contribution in [0.4, 0.5) is 0 Å². The van der Waals surface area contributed by atoms with E-state index in [-0.39, 0.29) is 0 Å². The third-order valence-corrected chi connectivity index (χ3v) is 3.47. The Labute approximate surface area is 126 Å². The molecule has 2 aromatic carbocycles. The number of nitrogens with one attached hydrogen (secondary N) is 1. The summed E-state index contributed by atoms with van der Waals surface area (Å²) in [6.45, 7) is 5.85. The average Bonchev–Trinajstić information content (AvgIpc) is 2.49. The summed E-state index contributed by atoms with van der Waals surface area (Å²) >= 11 is 0. The van der Waals surface area contributed by atoms with Crippen molar-refractivity contribution in [2.24, 2.45) is 0 Å². The van der Waals surface area contributed by atoms with Crippen molar-refractivity contribution >= 4 is 0 Å². The minimum atomic E-state index is -0.495. The molecule has 112 valence electrons. The van der Waals surface area contributed by atoms with Gasteiger partial charge in [-0.1, -0.05) is 42.5 Å². The van der Waals surface area contributed by atoms with Gasteiger partial charge in [0.2, 0.25) is 0 Å². The number of hydrogen-bond donors (Lipinski definition) is 2. The first-order chi connectivity index (χ1) is 10.2. The summed E-state index contributed by atoms with van der Waals surface area (Å²) in [5.74, 6) is 0.901. The number of hydrogen-bond acceptors (Lipinski definition) is 3. The van der Waals surface area contributed by atoms with Crippen LogP contribution in [-0.4, -0.2) is 18.3 Å². The zero-order chi connectivity index (χ0) is 15.1. The van der Waals surface area contributed by atoms with Crippen molar-refractivity contribution in [1.82, 2.24) is 5.32 Å². The van der Waals surface area contributed by atoms with Gasteiger partial charge in [0.1, 0.15) is 5.75 Å². The van der Waals surface area contributed by atoms with E-state index in [1.54, 1.807) is 0 Å². The highest BCUT2D eigenvalue weighted by Gasteiger charge is 2.10. The molecule has 21 heavy (non-hydrogen) atoms. The first kappa shape index (κ1) is 15.5. The highest BCUT2D eigenvalue weighted by atomic mass is 16.5. The van der Waals surface area contributed by atoms with Gasteiger partial charge < -0.3 is 15.2 Å². The zero-order valence-electron chi connectivity index (χ0n) is 12.7. The molecule has 1 unspecified atom stereocenters. The minimum absolute atomic E-state index is 0.495. The monoisotopic (exact) mass is 285 g/mol. The highest BCUT2D eigenvalue weighted by Crippen LogP contribution is 2.19. The Morgan fingerprint density at radius 3 is 2.57 bits per heavy atom. The third-order valence-electron chi connectivity index (χ3n) is 3.47. The maximum absolute atomic E-state index is 10.3. The molecule has 1 atom stereocenters. The topological polar surface area (TPSA) is 41.5 Å². The van der Waals surface area contributed by atoms with E-state index in [1.807, 2.05) is 62.4 Å². The van der Waals surface area contributed by atoms with Gasteiger partial charge >= 0.3 is 0 Å². The van der Waals surface area contributed by atoms with Crippen LogP contribution in [0.1, 0.15) is 29.7 Å². The Bertz CT molecular complexity index is 569. The largest absolute Gasteiger partial charge is 0.494 e. The van der Waals surface area contributed by atoms with Gasteiger partial charge in [0.15, 0.2) is 0 Å². The van der Waals surface area contributed by atoms with Gasteiger partial charge in [-0.25, -0.2) is 0 Å². The van der Waals surface area contributed by atoms with Crippen LogP contribution in [0.2, 0.25) is 0 Å². The number of aryl methyl sites for hydroxylation is 1. The van der Waals surface area contributed by atoms with E-state index in [2.05, 4.69) is 5.32 Å². The molecular formula is C18H23NO2. The molecule has 3 heteroatoms. The molecule has 0 saturated carbocycles. The maximum Gasteiger partial charge on any atom is 0.123 e. The standard InChI is InChI=1S/C18H23NO2/c1-3-21-18-11-7-5-9-15(18)12-19-13-17(20)16-10-6-4-8-14(16)2/h4-11,17,19-20H,3,12-13H2,1-2H3. The second-order valence-electron chi connectivity index (χ2n) is 5.04. The number of rotatable bonds is 7. The molecule has 0 aliphatic heterocycles. The minimum Gasteiger partial charge on any atom is -0.494 e. The van der Waals surface area contributed by atoms with Crippen LogP contribution in [0.3, 0.4) is 0 Å². The third kappa shape index (κ3) is 4.31. The van der Waals surface area contributed by atoms with Crippen molar-refractivity contribution in [3.8, 4) is 5.75 Å². The van der Waals surface area contributed by atoms with E-state index in [0.29, 0.717) is 19.7 Å². The fourth-order valence-electron chi connectivity index (χ4n) is 2.36. The predicted octanol–water partition coefficient (Wildman–Crippen LogP) is 3.22. The van der Waals surface area contributed by atoms with Gasteiger partial charge in [-0.05, 0) is 31.0 Å². The second-order valence-corrected chi connectivity index (χ2v) is 5.04. The predicted molar refractivity (Wildman–Crippen MR) is 85.5 cm³/mol. The molecule has 0 aromatic heterocycles. The van der Waals surface area contributed by atoms with Crippen LogP contribution < -0.4 is 10.1 Å². The van der Waals surface area contributed by atoms with Crippen molar-refractivity contribution in [3.05, 3.63) is 65.2 Å². The fraction of sp³-hybridized carbons (Fsp3) is 0.333. The fourth-order valence-corrected chi connectivity index (χ4v) is 2.36. The molecule has 2 aromatic rings. The van der Waals surface area contributed by atoms with Gasteiger partial charge in [0.25, 0.3) is 0 Å². The van der Waals surface area contributed by atoms with Crippen molar-refractivity contribution < 1.29 is 9.84 Å². The van der Waals surface area contributed by atoms with Gasteiger partial charge in [0, 0.05) is 18.7 Å². The van der Waals surface area contributed by atoms with Crippen LogP contribution in [0.15, 0.2) is 48.5 Å². The summed E-state index contributed by atoms with van der Waals surface area (Å²) in [7, 11) is 0. The normalized spacial score (nSPS) is 12.1. The Morgan fingerprint density at radius 1 is 1.10 bits per heavy atom. The number of para-hydroxylation sites is 1. The summed E-state index contributed by atoms with van der Waals surface area (Å²) in [6, 6.07) is 15.9. The Balaban J connectivity index is 1.91. The maximum atomic E-state index is 10.3. The van der Waals surface area contributed by atoms with Crippen LogP contribution >= 0.6 is 0 Å². The van der Waals surface area contributed by atoms with E-state index < -0.39 is 6.10 Å². The van der Waals surface area contributed by atoms with Crippen molar-refractivity contribution in [1.29, 1.82) is 0 Å². The summed E-state index contributed by atoms with van der Waals surface area (Å²) < 4.78 is 5.60.